The van der Waals surface area contributed by atoms with Crippen LogP contribution in [0.4, 0.5) is 5.69 Å². The number of aromatic nitrogens is 3. The number of nitrogens with one attached hydrogen (secondary N) is 2. The minimum absolute atomic E-state index is 0.0568. The molecule has 0 saturated carbocycles. The maximum atomic E-state index is 12.0. The van der Waals surface area contributed by atoms with Gasteiger partial charge in [0.05, 0.1) is 17.6 Å². The second-order valence-corrected chi connectivity index (χ2v) is 5.42. The number of carbonyl (C=O) groups excluding carboxylic acids is 1. The van der Waals surface area contributed by atoms with Gasteiger partial charge >= 0.3 is 0 Å². The van der Waals surface area contributed by atoms with Crippen molar-refractivity contribution in [2.45, 2.75) is 19.8 Å². The highest BCUT2D eigenvalue weighted by molar-refractivity contribution is 5.93. The van der Waals surface area contributed by atoms with Gasteiger partial charge in [0.1, 0.15) is 0 Å². The number of nitrogens with zero attached hydrogens (tertiary/aromatic N) is 3. The predicted octanol–water partition coefficient (Wildman–Crippen LogP) is 1.21. The Balaban J connectivity index is 1.73. The van der Waals surface area contributed by atoms with Gasteiger partial charge in [-0.3, -0.25) is 9.48 Å². The topological polar surface area (TPSA) is 71.8 Å². The lowest BCUT2D eigenvalue weighted by molar-refractivity contribution is -0.116. The molecular weight excluding hydrogens is 254 g/mol. The molecule has 0 aliphatic carbocycles. The molecule has 6 heteroatoms. The molecule has 3 rings (SSSR count). The summed E-state index contributed by atoms with van der Waals surface area (Å²) in [6.45, 7) is 3.90. The van der Waals surface area contributed by atoms with Crippen LogP contribution in [0.2, 0.25) is 0 Å². The minimum atomic E-state index is 0.0568. The van der Waals surface area contributed by atoms with Crippen molar-refractivity contribution in [3.05, 3.63) is 18.0 Å². The monoisotopic (exact) mass is 273 g/mol. The van der Waals surface area contributed by atoms with Crippen LogP contribution in [0.5, 0.6) is 0 Å². The number of carbonyl (C=O) groups is 1. The number of aryl methyl sites for hydroxylation is 2. The molecule has 1 saturated heterocycles. The van der Waals surface area contributed by atoms with Crippen LogP contribution in [-0.4, -0.2) is 33.8 Å². The Morgan fingerprint density at radius 3 is 3.20 bits per heavy atom. The highest BCUT2D eigenvalue weighted by atomic mass is 16.1. The zero-order chi connectivity index (χ0) is 14.1. The number of hydrogen-bond donors (Lipinski definition) is 2. The van der Waals surface area contributed by atoms with Gasteiger partial charge < -0.3 is 10.6 Å². The second kappa shape index (κ2) is 5.20. The van der Waals surface area contributed by atoms with E-state index in [4.69, 9.17) is 0 Å². The summed E-state index contributed by atoms with van der Waals surface area (Å²) in [5, 5.41) is 11.5. The van der Waals surface area contributed by atoms with E-state index in [2.05, 4.69) is 20.7 Å². The smallest absolute Gasteiger partial charge is 0.224 e. The molecule has 0 bridgehead atoms. The molecule has 1 aliphatic heterocycles. The van der Waals surface area contributed by atoms with Gasteiger partial charge in [0.25, 0.3) is 0 Å². The van der Waals surface area contributed by atoms with Gasteiger partial charge in [-0.2, -0.15) is 5.10 Å². The zero-order valence-corrected chi connectivity index (χ0v) is 11.8. The summed E-state index contributed by atoms with van der Waals surface area (Å²) in [7, 11) is 1.87. The van der Waals surface area contributed by atoms with Crippen LogP contribution in [0, 0.1) is 12.8 Å². The minimum Gasteiger partial charge on any atom is -0.325 e. The summed E-state index contributed by atoms with van der Waals surface area (Å²) in [4.78, 5) is 16.4. The second-order valence-electron chi connectivity index (χ2n) is 5.42. The fourth-order valence-corrected chi connectivity index (χ4v) is 2.74. The molecule has 1 amide bonds. The number of amides is 1. The molecule has 20 heavy (non-hydrogen) atoms. The van der Waals surface area contributed by atoms with Gasteiger partial charge in [0, 0.05) is 18.9 Å². The van der Waals surface area contributed by atoms with Crippen molar-refractivity contribution in [1.82, 2.24) is 20.1 Å². The first-order chi connectivity index (χ1) is 9.63. The van der Waals surface area contributed by atoms with Crippen LogP contribution in [0.25, 0.3) is 11.0 Å². The van der Waals surface area contributed by atoms with E-state index in [0.717, 1.165) is 41.9 Å². The van der Waals surface area contributed by atoms with Gasteiger partial charge in [0.2, 0.25) is 5.91 Å². The largest absolute Gasteiger partial charge is 0.325 e. The first kappa shape index (κ1) is 13.1. The van der Waals surface area contributed by atoms with Crippen molar-refractivity contribution in [2.24, 2.45) is 13.0 Å². The zero-order valence-electron chi connectivity index (χ0n) is 11.8. The summed E-state index contributed by atoms with van der Waals surface area (Å²) in [5.41, 5.74) is 2.50. The Hall–Kier alpha value is -1.95. The summed E-state index contributed by atoms with van der Waals surface area (Å²) in [6, 6.07) is 1.94. The van der Waals surface area contributed by atoms with Crippen LogP contribution in [0.3, 0.4) is 0 Å². The van der Waals surface area contributed by atoms with Crippen LogP contribution >= 0.6 is 0 Å². The van der Waals surface area contributed by atoms with E-state index in [1.807, 2.05) is 20.0 Å². The van der Waals surface area contributed by atoms with E-state index in [1.165, 1.54) is 0 Å². The lowest BCUT2D eigenvalue weighted by Gasteiger charge is -2.09. The molecule has 2 N–H and O–H groups in total. The maximum absolute atomic E-state index is 12.0. The maximum Gasteiger partial charge on any atom is 0.224 e. The molecule has 2 aromatic heterocycles. The van der Waals surface area contributed by atoms with Crippen molar-refractivity contribution in [2.75, 3.05) is 18.4 Å². The molecule has 1 unspecified atom stereocenters. The molecule has 1 aliphatic rings. The van der Waals surface area contributed by atoms with Gasteiger partial charge in [-0.25, -0.2) is 4.98 Å². The highest BCUT2D eigenvalue weighted by Gasteiger charge is 2.18. The van der Waals surface area contributed by atoms with Crippen LogP contribution in [0.15, 0.2) is 12.3 Å². The summed E-state index contributed by atoms with van der Waals surface area (Å²) in [6.07, 6.45) is 3.33. The third-order valence-corrected chi connectivity index (χ3v) is 3.78. The Bertz CT molecular complexity index is 642. The van der Waals surface area contributed by atoms with E-state index >= 15 is 0 Å². The Morgan fingerprint density at radius 2 is 2.45 bits per heavy atom. The van der Waals surface area contributed by atoms with Gasteiger partial charge in [-0.15, -0.1) is 0 Å². The molecule has 3 heterocycles. The Labute approximate surface area is 117 Å². The van der Waals surface area contributed by atoms with E-state index in [9.17, 15) is 4.79 Å². The SMILES string of the molecule is Cc1nn(C)c2ncc(NC(=O)CC3CCNC3)cc12. The number of fused-ring (bicyclic) bond motifs is 1. The summed E-state index contributed by atoms with van der Waals surface area (Å²) in [5.74, 6) is 0.508. The fourth-order valence-electron chi connectivity index (χ4n) is 2.74. The Kier molecular flexibility index (Phi) is 3.40. The van der Waals surface area contributed by atoms with Crippen LogP contribution < -0.4 is 10.6 Å². The third-order valence-electron chi connectivity index (χ3n) is 3.78. The summed E-state index contributed by atoms with van der Waals surface area (Å²) >= 11 is 0. The first-order valence-electron chi connectivity index (χ1n) is 6.93. The molecule has 6 nitrogen and oxygen atoms in total. The van der Waals surface area contributed by atoms with Crippen molar-refractivity contribution in [1.29, 1.82) is 0 Å². The van der Waals surface area contributed by atoms with E-state index < -0.39 is 0 Å². The standard InChI is InChI=1S/C14H19N5O/c1-9-12-6-11(8-16-14(12)19(2)18-9)17-13(20)5-10-3-4-15-7-10/h6,8,10,15H,3-5,7H2,1-2H3,(H,17,20). The number of hydrogen-bond acceptors (Lipinski definition) is 4. The molecule has 1 fully saturated rings. The number of anilines is 1. The van der Waals surface area contributed by atoms with E-state index in [1.54, 1.807) is 10.9 Å². The molecule has 0 aromatic carbocycles. The van der Waals surface area contributed by atoms with E-state index in [-0.39, 0.29) is 5.91 Å². The van der Waals surface area contributed by atoms with Gasteiger partial charge in [-0.05, 0) is 38.4 Å². The average molecular weight is 273 g/mol. The van der Waals surface area contributed by atoms with Gasteiger partial charge in [0.15, 0.2) is 5.65 Å². The third kappa shape index (κ3) is 2.51. The number of rotatable bonds is 3. The molecule has 0 spiro atoms. The molecule has 106 valence electrons. The van der Waals surface area contributed by atoms with Crippen molar-refractivity contribution in [3.8, 4) is 0 Å². The molecule has 1 atom stereocenters. The first-order valence-corrected chi connectivity index (χ1v) is 6.93. The Morgan fingerprint density at radius 1 is 1.60 bits per heavy atom. The van der Waals surface area contributed by atoms with Crippen molar-refractivity contribution < 1.29 is 4.79 Å². The lowest BCUT2D eigenvalue weighted by Crippen LogP contribution is -2.18. The molecular formula is C14H19N5O. The van der Waals surface area contributed by atoms with Crippen LogP contribution in [-0.2, 0) is 11.8 Å². The van der Waals surface area contributed by atoms with Gasteiger partial charge in [-0.1, -0.05) is 0 Å². The van der Waals surface area contributed by atoms with Crippen LogP contribution in [0.1, 0.15) is 18.5 Å². The fraction of sp³-hybridized carbons (Fsp3) is 0.500. The van der Waals surface area contributed by atoms with Crippen molar-refractivity contribution in [3.63, 3.8) is 0 Å². The number of pyridine rings is 1. The average Bonchev–Trinajstić information content (AvgIpc) is 2.99. The quantitative estimate of drug-likeness (QED) is 0.882. The normalized spacial score (nSPS) is 18.6. The molecule has 0 radical (unpaired) electrons. The van der Waals surface area contributed by atoms with E-state index in [0.29, 0.717) is 12.3 Å². The highest BCUT2D eigenvalue weighted by Crippen LogP contribution is 2.20. The lowest BCUT2D eigenvalue weighted by atomic mass is 10.0. The van der Waals surface area contributed by atoms with Crippen molar-refractivity contribution >= 4 is 22.6 Å². The summed E-state index contributed by atoms with van der Waals surface area (Å²) < 4.78 is 1.75. The molecule has 2 aromatic rings. The predicted molar refractivity (Wildman–Crippen MR) is 77.5 cm³/mol.